The van der Waals surface area contributed by atoms with E-state index in [2.05, 4.69) is 4.74 Å². The lowest BCUT2D eigenvalue weighted by Crippen LogP contribution is -2.52. The molecule has 6 nitrogen and oxygen atoms in total. The molecule has 6 heteroatoms. The van der Waals surface area contributed by atoms with Gasteiger partial charge in [0.1, 0.15) is 6.10 Å². The minimum Gasteiger partial charge on any atom is -0.468 e. The first-order valence-corrected chi connectivity index (χ1v) is 6.40. The van der Waals surface area contributed by atoms with E-state index < -0.39 is 0 Å². The van der Waals surface area contributed by atoms with E-state index in [0.29, 0.717) is 39.3 Å². The number of rotatable bonds is 3. The highest BCUT2D eigenvalue weighted by atomic mass is 16.5. The van der Waals surface area contributed by atoms with Gasteiger partial charge in [0.2, 0.25) is 0 Å². The minimum atomic E-state index is -0.239. The van der Waals surface area contributed by atoms with Crippen LogP contribution in [0.3, 0.4) is 0 Å². The third-order valence-electron chi connectivity index (χ3n) is 3.47. The summed E-state index contributed by atoms with van der Waals surface area (Å²) in [5.41, 5.74) is 0. The van der Waals surface area contributed by atoms with Crippen molar-refractivity contribution in [1.82, 2.24) is 9.80 Å². The highest BCUT2D eigenvalue weighted by molar-refractivity contribution is 5.81. The molecule has 0 aromatic rings. The van der Waals surface area contributed by atoms with Crippen LogP contribution in [0.4, 0.5) is 0 Å². The van der Waals surface area contributed by atoms with Gasteiger partial charge in [-0.3, -0.25) is 14.5 Å². The molecule has 0 spiro atoms. The van der Waals surface area contributed by atoms with E-state index in [1.807, 2.05) is 9.80 Å². The summed E-state index contributed by atoms with van der Waals surface area (Å²) in [6.45, 7) is 3.75. The Kier molecular flexibility index (Phi) is 4.54. The number of carbonyl (C=O) groups excluding carboxylic acids is 2. The van der Waals surface area contributed by atoms with Crippen LogP contribution in [0.25, 0.3) is 0 Å². The average molecular weight is 256 g/mol. The first-order valence-electron chi connectivity index (χ1n) is 6.40. The number of hydrogen-bond acceptors (Lipinski definition) is 5. The van der Waals surface area contributed by atoms with Crippen LogP contribution in [0, 0.1) is 0 Å². The first-order chi connectivity index (χ1) is 8.70. The Balaban J connectivity index is 1.75. The molecule has 2 heterocycles. The zero-order valence-corrected chi connectivity index (χ0v) is 10.8. The summed E-state index contributed by atoms with van der Waals surface area (Å²) >= 11 is 0. The molecule has 2 aliphatic heterocycles. The summed E-state index contributed by atoms with van der Waals surface area (Å²) < 4.78 is 10.0. The van der Waals surface area contributed by atoms with E-state index in [9.17, 15) is 9.59 Å². The molecule has 2 rings (SSSR count). The summed E-state index contributed by atoms with van der Waals surface area (Å²) in [6.07, 6.45) is 1.57. The molecule has 1 amide bonds. The van der Waals surface area contributed by atoms with E-state index in [4.69, 9.17) is 4.74 Å². The third-order valence-corrected chi connectivity index (χ3v) is 3.47. The maximum Gasteiger partial charge on any atom is 0.319 e. The van der Waals surface area contributed by atoms with Crippen molar-refractivity contribution in [2.24, 2.45) is 0 Å². The molecule has 0 N–H and O–H groups in total. The number of nitrogens with zero attached hydrogens (tertiary/aromatic N) is 2. The molecular weight excluding hydrogens is 236 g/mol. The molecule has 2 fully saturated rings. The second-order valence-electron chi connectivity index (χ2n) is 4.68. The van der Waals surface area contributed by atoms with Gasteiger partial charge in [-0.25, -0.2) is 0 Å². The molecule has 0 radical (unpaired) electrons. The van der Waals surface area contributed by atoms with Crippen molar-refractivity contribution in [3.05, 3.63) is 0 Å². The van der Waals surface area contributed by atoms with Gasteiger partial charge in [-0.05, 0) is 12.8 Å². The number of carbonyl (C=O) groups is 2. The van der Waals surface area contributed by atoms with Crippen molar-refractivity contribution >= 4 is 11.9 Å². The number of piperazine rings is 1. The summed E-state index contributed by atoms with van der Waals surface area (Å²) in [5, 5.41) is 0. The van der Waals surface area contributed by atoms with Crippen molar-refractivity contribution < 1.29 is 19.1 Å². The molecule has 0 saturated carbocycles. The van der Waals surface area contributed by atoms with Crippen LogP contribution in [0.1, 0.15) is 12.8 Å². The molecule has 0 aliphatic carbocycles. The maximum absolute atomic E-state index is 12.1. The van der Waals surface area contributed by atoms with Gasteiger partial charge < -0.3 is 14.4 Å². The summed E-state index contributed by atoms with van der Waals surface area (Å²) in [7, 11) is 1.39. The lowest BCUT2D eigenvalue weighted by molar-refractivity contribution is -0.145. The van der Waals surface area contributed by atoms with Crippen molar-refractivity contribution in [2.75, 3.05) is 46.4 Å². The predicted molar refractivity (Wildman–Crippen MR) is 64.0 cm³/mol. The average Bonchev–Trinajstić information content (AvgIpc) is 2.92. The number of hydrogen-bond donors (Lipinski definition) is 0. The quantitative estimate of drug-likeness (QED) is 0.636. The molecular formula is C12H20N2O4. The Morgan fingerprint density at radius 1 is 1.28 bits per heavy atom. The molecule has 2 aliphatic rings. The number of ether oxygens (including phenoxy) is 2. The van der Waals surface area contributed by atoms with Crippen molar-refractivity contribution in [3.63, 3.8) is 0 Å². The molecule has 0 aromatic heterocycles. The van der Waals surface area contributed by atoms with Gasteiger partial charge in [-0.15, -0.1) is 0 Å². The SMILES string of the molecule is COC(=O)CN1CCN(C(=O)C2CCCO2)CC1. The largest absolute Gasteiger partial charge is 0.468 e. The lowest BCUT2D eigenvalue weighted by atomic mass is 10.2. The Morgan fingerprint density at radius 3 is 2.56 bits per heavy atom. The van der Waals surface area contributed by atoms with E-state index in [1.165, 1.54) is 7.11 Å². The summed E-state index contributed by atoms with van der Waals surface area (Å²) in [4.78, 5) is 27.1. The molecule has 0 aromatic carbocycles. The van der Waals surface area contributed by atoms with E-state index >= 15 is 0 Å². The van der Waals surface area contributed by atoms with Gasteiger partial charge in [-0.2, -0.15) is 0 Å². The van der Waals surface area contributed by atoms with Crippen LogP contribution < -0.4 is 0 Å². The van der Waals surface area contributed by atoms with Crippen LogP contribution in [-0.4, -0.2) is 74.2 Å². The molecule has 1 atom stereocenters. The van der Waals surface area contributed by atoms with E-state index in [1.54, 1.807) is 0 Å². The van der Waals surface area contributed by atoms with Gasteiger partial charge in [0.25, 0.3) is 5.91 Å². The molecule has 18 heavy (non-hydrogen) atoms. The Bertz CT molecular complexity index is 307. The summed E-state index contributed by atoms with van der Waals surface area (Å²) in [5.74, 6) is -0.126. The van der Waals surface area contributed by atoms with Gasteiger partial charge in [-0.1, -0.05) is 0 Å². The standard InChI is InChI=1S/C12H20N2O4/c1-17-11(15)9-13-4-6-14(7-5-13)12(16)10-3-2-8-18-10/h10H,2-9H2,1H3. The van der Waals surface area contributed by atoms with Gasteiger partial charge >= 0.3 is 5.97 Å². The van der Waals surface area contributed by atoms with Crippen molar-refractivity contribution in [3.8, 4) is 0 Å². The topological polar surface area (TPSA) is 59.1 Å². The van der Waals surface area contributed by atoms with Crippen LogP contribution in [0.2, 0.25) is 0 Å². The Morgan fingerprint density at radius 2 is 2.00 bits per heavy atom. The lowest BCUT2D eigenvalue weighted by Gasteiger charge is -2.35. The highest BCUT2D eigenvalue weighted by Crippen LogP contribution is 2.15. The number of amides is 1. The molecule has 1 unspecified atom stereocenters. The minimum absolute atomic E-state index is 0.102. The Hall–Kier alpha value is -1.14. The Labute approximate surface area is 107 Å². The van der Waals surface area contributed by atoms with Gasteiger partial charge in [0.05, 0.1) is 13.7 Å². The normalized spacial score (nSPS) is 25.2. The molecule has 0 bridgehead atoms. The van der Waals surface area contributed by atoms with Crippen molar-refractivity contribution in [2.45, 2.75) is 18.9 Å². The maximum atomic E-state index is 12.1. The fourth-order valence-corrected chi connectivity index (χ4v) is 2.35. The van der Waals surface area contributed by atoms with E-state index in [0.717, 1.165) is 12.8 Å². The summed E-state index contributed by atoms with van der Waals surface area (Å²) in [6, 6.07) is 0. The third kappa shape index (κ3) is 3.20. The zero-order valence-electron chi connectivity index (χ0n) is 10.8. The number of methoxy groups -OCH3 is 1. The van der Waals surface area contributed by atoms with Crippen LogP contribution in [0.15, 0.2) is 0 Å². The fourth-order valence-electron chi connectivity index (χ4n) is 2.35. The molecule has 102 valence electrons. The first kappa shape index (κ1) is 13.3. The van der Waals surface area contributed by atoms with Crippen LogP contribution in [-0.2, 0) is 19.1 Å². The zero-order chi connectivity index (χ0) is 13.0. The second kappa shape index (κ2) is 6.15. The van der Waals surface area contributed by atoms with Gasteiger partial charge in [0.15, 0.2) is 0 Å². The van der Waals surface area contributed by atoms with Crippen LogP contribution in [0.5, 0.6) is 0 Å². The van der Waals surface area contributed by atoms with E-state index in [-0.39, 0.29) is 18.0 Å². The monoisotopic (exact) mass is 256 g/mol. The number of esters is 1. The second-order valence-corrected chi connectivity index (χ2v) is 4.68. The van der Waals surface area contributed by atoms with Crippen LogP contribution >= 0.6 is 0 Å². The van der Waals surface area contributed by atoms with Crippen molar-refractivity contribution in [1.29, 1.82) is 0 Å². The highest BCUT2D eigenvalue weighted by Gasteiger charge is 2.30. The van der Waals surface area contributed by atoms with Gasteiger partial charge in [0, 0.05) is 32.8 Å². The smallest absolute Gasteiger partial charge is 0.319 e. The molecule has 2 saturated heterocycles. The predicted octanol–water partition coefficient (Wildman–Crippen LogP) is -0.517. The fraction of sp³-hybridized carbons (Fsp3) is 0.833.